The van der Waals surface area contributed by atoms with Gasteiger partial charge < -0.3 is 15.4 Å². The number of nitrogens with zero attached hydrogens (tertiary/aromatic N) is 1. The minimum Gasteiger partial charge on any atom is -0.496 e. The van der Waals surface area contributed by atoms with Crippen molar-refractivity contribution in [2.24, 2.45) is 4.99 Å². The van der Waals surface area contributed by atoms with E-state index < -0.39 is 0 Å². The molecule has 0 aromatic heterocycles. The van der Waals surface area contributed by atoms with Gasteiger partial charge in [-0.3, -0.25) is 4.99 Å². The van der Waals surface area contributed by atoms with E-state index >= 15 is 0 Å². The lowest BCUT2D eigenvalue weighted by Crippen LogP contribution is -2.38. The van der Waals surface area contributed by atoms with E-state index in [-0.39, 0.29) is 0 Å². The molecule has 0 fully saturated rings. The van der Waals surface area contributed by atoms with Crippen LogP contribution in [0.5, 0.6) is 5.75 Å². The highest BCUT2D eigenvalue weighted by Crippen LogP contribution is 2.16. The van der Waals surface area contributed by atoms with Crippen molar-refractivity contribution in [3.8, 4) is 5.75 Å². The van der Waals surface area contributed by atoms with Crippen molar-refractivity contribution in [1.82, 2.24) is 10.6 Å². The minimum absolute atomic E-state index is 0.418. The van der Waals surface area contributed by atoms with Crippen molar-refractivity contribution >= 4 is 5.96 Å². The van der Waals surface area contributed by atoms with Crippen LogP contribution in [-0.4, -0.2) is 26.7 Å². The van der Waals surface area contributed by atoms with Gasteiger partial charge in [-0.05, 0) is 17.5 Å². The molecule has 23 heavy (non-hydrogen) atoms. The van der Waals surface area contributed by atoms with Crippen molar-refractivity contribution in [3.63, 3.8) is 0 Å². The maximum atomic E-state index is 5.37. The fourth-order valence-corrected chi connectivity index (χ4v) is 2.40. The summed E-state index contributed by atoms with van der Waals surface area (Å²) in [5.41, 5.74) is 2.43. The number of guanidine groups is 1. The summed E-state index contributed by atoms with van der Waals surface area (Å²) in [5.74, 6) is 2.09. The number of hydrogen-bond donors (Lipinski definition) is 2. The van der Waals surface area contributed by atoms with E-state index in [0.29, 0.717) is 12.5 Å². The zero-order valence-corrected chi connectivity index (χ0v) is 14.0. The van der Waals surface area contributed by atoms with Crippen LogP contribution in [0.4, 0.5) is 0 Å². The molecule has 2 aromatic rings. The lowest BCUT2D eigenvalue weighted by molar-refractivity contribution is 0.409. The molecule has 0 radical (unpaired) electrons. The molecule has 0 aliphatic carbocycles. The van der Waals surface area contributed by atoms with Gasteiger partial charge in [-0.15, -0.1) is 0 Å². The lowest BCUT2D eigenvalue weighted by Gasteiger charge is -2.17. The molecule has 0 saturated carbocycles. The average Bonchev–Trinajstić information content (AvgIpc) is 2.62. The predicted octanol–water partition coefficient (Wildman–Crippen LogP) is 3.16. The fraction of sp³-hybridized carbons (Fsp3) is 0.316. The lowest BCUT2D eigenvalue weighted by atomic mass is 10.0. The Morgan fingerprint density at radius 3 is 2.43 bits per heavy atom. The molecule has 1 unspecified atom stereocenters. The number of nitrogens with one attached hydrogen (secondary N) is 2. The first-order valence-electron chi connectivity index (χ1n) is 7.86. The summed E-state index contributed by atoms with van der Waals surface area (Å²) in [4.78, 5) is 4.28. The smallest absolute Gasteiger partial charge is 0.191 e. The van der Waals surface area contributed by atoms with Crippen LogP contribution in [0.2, 0.25) is 0 Å². The van der Waals surface area contributed by atoms with E-state index in [1.54, 1.807) is 14.2 Å². The van der Waals surface area contributed by atoms with Gasteiger partial charge in [0.15, 0.2) is 5.96 Å². The Labute approximate surface area is 138 Å². The van der Waals surface area contributed by atoms with E-state index in [4.69, 9.17) is 4.74 Å². The first-order valence-corrected chi connectivity index (χ1v) is 7.86. The summed E-state index contributed by atoms with van der Waals surface area (Å²) < 4.78 is 5.37. The first kappa shape index (κ1) is 16.9. The highest BCUT2D eigenvalue weighted by Gasteiger charge is 2.07. The number of hydrogen-bond acceptors (Lipinski definition) is 2. The van der Waals surface area contributed by atoms with Gasteiger partial charge in [0, 0.05) is 25.7 Å². The van der Waals surface area contributed by atoms with Gasteiger partial charge in [0.1, 0.15) is 5.75 Å². The minimum atomic E-state index is 0.418. The summed E-state index contributed by atoms with van der Waals surface area (Å²) in [6, 6.07) is 18.5. The number of methoxy groups -OCH3 is 1. The molecular weight excluding hydrogens is 286 g/mol. The Bertz CT molecular complexity index is 626. The summed E-state index contributed by atoms with van der Waals surface area (Å²) in [6.07, 6.45) is 0. The van der Waals surface area contributed by atoms with Crippen LogP contribution in [0.15, 0.2) is 59.6 Å². The second kappa shape index (κ2) is 8.83. The third-order valence-electron chi connectivity index (χ3n) is 3.81. The Balaban J connectivity index is 1.86. The van der Waals surface area contributed by atoms with Gasteiger partial charge in [-0.25, -0.2) is 0 Å². The van der Waals surface area contributed by atoms with Crippen LogP contribution in [0.3, 0.4) is 0 Å². The third-order valence-corrected chi connectivity index (χ3v) is 3.81. The summed E-state index contributed by atoms with van der Waals surface area (Å²) >= 11 is 0. The van der Waals surface area contributed by atoms with Crippen molar-refractivity contribution in [1.29, 1.82) is 0 Å². The standard InChI is InChI=1S/C19H25N3O/c1-15(16-9-5-4-6-10-16)13-21-19(20-2)22-14-17-11-7-8-12-18(17)23-3/h4-12,15H,13-14H2,1-3H3,(H2,20,21,22). The molecule has 0 bridgehead atoms. The molecule has 0 saturated heterocycles. The summed E-state index contributed by atoms with van der Waals surface area (Å²) in [5, 5.41) is 6.70. The normalized spacial score (nSPS) is 12.6. The van der Waals surface area contributed by atoms with Crippen molar-refractivity contribution in [2.75, 3.05) is 20.7 Å². The number of aliphatic imine (C=N–C) groups is 1. The van der Waals surface area contributed by atoms with Crippen molar-refractivity contribution in [3.05, 3.63) is 65.7 Å². The van der Waals surface area contributed by atoms with Crippen LogP contribution < -0.4 is 15.4 Å². The summed E-state index contributed by atoms with van der Waals surface area (Å²) in [6.45, 7) is 3.70. The number of para-hydroxylation sites is 1. The average molecular weight is 311 g/mol. The maximum absolute atomic E-state index is 5.37. The van der Waals surface area contributed by atoms with E-state index in [2.05, 4.69) is 46.8 Å². The molecular formula is C19H25N3O. The summed E-state index contributed by atoms with van der Waals surface area (Å²) in [7, 11) is 3.47. The highest BCUT2D eigenvalue weighted by molar-refractivity contribution is 5.79. The Morgan fingerprint density at radius 2 is 1.74 bits per heavy atom. The van der Waals surface area contributed by atoms with Gasteiger partial charge in [0.25, 0.3) is 0 Å². The second-order valence-corrected chi connectivity index (χ2v) is 5.43. The maximum Gasteiger partial charge on any atom is 0.191 e. The molecule has 2 rings (SSSR count). The first-order chi connectivity index (χ1) is 11.2. The number of rotatable bonds is 6. The molecule has 2 N–H and O–H groups in total. The molecule has 0 spiro atoms. The van der Waals surface area contributed by atoms with Crippen molar-refractivity contribution < 1.29 is 4.74 Å². The Kier molecular flexibility index (Phi) is 6.48. The molecule has 122 valence electrons. The van der Waals surface area contributed by atoms with Crippen molar-refractivity contribution in [2.45, 2.75) is 19.4 Å². The molecule has 2 aromatic carbocycles. The monoisotopic (exact) mass is 311 g/mol. The molecule has 4 nitrogen and oxygen atoms in total. The second-order valence-electron chi connectivity index (χ2n) is 5.43. The van der Waals surface area contributed by atoms with Gasteiger partial charge in [0.05, 0.1) is 7.11 Å². The molecule has 0 aliphatic heterocycles. The van der Waals surface area contributed by atoms with Gasteiger partial charge in [-0.2, -0.15) is 0 Å². The van der Waals surface area contributed by atoms with E-state index in [1.807, 2.05) is 30.3 Å². The quantitative estimate of drug-likeness (QED) is 0.636. The number of benzene rings is 2. The van der Waals surface area contributed by atoms with Crippen LogP contribution in [0.25, 0.3) is 0 Å². The van der Waals surface area contributed by atoms with Crippen LogP contribution >= 0.6 is 0 Å². The zero-order valence-electron chi connectivity index (χ0n) is 14.0. The molecule has 4 heteroatoms. The third kappa shape index (κ3) is 5.02. The largest absolute Gasteiger partial charge is 0.496 e. The van der Waals surface area contributed by atoms with Crippen LogP contribution in [0.1, 0.15) is 24.0 Å². The SMILES string of the molecule is CN=C(NCc1ccccc1OC)NCC(C)c1ccccc1. The van der Waals surface area contributed by atoms with E-state index in [0.717, 1.165) is 23.8 Å². The van der Waals surface area contributed by atoms with Gasteiger partial charge in [0.2, 0.25) is 0 Å². The molecule has 1 atom stereocenters. The highest BCUT2D eigenvalue weighted by atomic mass is 16.5. The fourth-order valence-electron chi connectivity index (χ4n) is 2.40. The van der Waals surface area contributed by atoms with Crippen LogP contribution in [-0.2, 0) is 6.54 Å². The molecule has 0 amide bonds. The van der Waals surface area contributed by atoms with E-state index in [9.17, 15) is 0 Å². The van der Waals surface area contributed by atoms with E-state index in [1.165, 1.54) is 5.56 Å². The molecule has 0 heterocycles. The Hall–Kier alpha value is -2.49. The predicted molar refractivity (Wildman–Crippen MR) is 96.1 cm³/mol. The van der Waals surface area contributed by atoms with Crippen LogP contribution in [0, 0.1) is 0 Å². The topological polar surface area (TPSA) is 45.7 Å². The zero-order chi connectivity index (χ0) is 16.5. The number of ether oxygens (including phenoxy) is 1. The Morgan fingerprint density at radius 1 is 1.04 bits per heavy atom. The van der Waals surface area contributed by atoms with Gasteiger partial charge in [-0.1, -0.05) is 55.5 Å². The van der Waals surface area contributed by atoms with Gasteiger partial charge >= 0.3 is 0 Å². The molecule has 0 aliphatic rings.